The first-order chi connectivity index (χ1) is 17.9. The van der Waals surface area contributed by atoms with E-state index >= 15 is 0 Å². The van der Waals surface area contributed by atoms with Gasteiger partial charge in [-0.25, -0.2) is 4.98 Å². The fourth-order valence-electron chi connectivity index (χ4n) is 4.99. The fraction of sp³-hybridized carbons (Fsp3) is 0.400. The van der Waals surface area contributed by atoms with Crippen LogP contribution >= 0.6 is 22.9 Å². The van der Waals surface area contributed by atoms with Crippen molar-refractivity contribution >= 4 is 45.6 Å². The molecule has 1 spiro atoms. The molecule has 1 atom stereocenters. The highest BCUT2D eigenvalue weighted by Gasteiger charge is 2.58. The van der Waals surface area contributed by atoms with Crippen LogP contribution < -0.4 is 19.7 Å². The summed E-state index contributed by atoms with van der Waals surface area (Å²) in [5.41, 5.74) is 2.65. The van der Waals surface area contributed by atoms with Crippen LogP contribution in [0.4, 0.5) is 10.8 Å². The highest BCUT2D eigenvalue weighted by molar-refractivity contribution is 7.17. The summed E-state index contributed by atoms with van der Waals surface area (Å²) in [7, 11) is 3.27. The maximum absolute atomic E-state index is 13.6. The molecular formula is C25H24ClN5O5S. The molecule has 2 amide bonds. The topological polar surface area (TPSA) is 116 Å². The van der Waals surface area contributed by atoms with Gasteiger partial charge in [0.25, 0.3) is 11.1 Å². The molecule has 3 aliphatic rings. The van der Waals surface area contributed by atoms with Crippen LogP contribution in [-0.4, -0.2) is 61.0 Å². The average Bonchev–Trinajstić information content (AvgIpc) is 3.22. The van der Waals surface area contributed by atoms with Gasteiger partial charge in [-0.1, -0.05) is 16.7 Å². The molecule has 2 aromatic heterocycles. The number of rotatable bonds is 7. The van der Waals surface area contributed by atoms with Gasteiger partial charge in [0.2, 0.25) is 11.0 Å². The summed E-state index contributed by atoms with van der Waals surface area (Å²) in [6, 6.07) is 5.31. The number of hydrogen-bond acceptors (Lipinski definition) is 9. The number of nitrogens with zero attached hydrogens (tertiary/aromatic N) is 4. The third kappa shape index (κ3) is 4.20. The largest absolute Gasteiger partial charge is 0.494 e. The first-order valence-electron chi connectivity index (χ1n) is 11.9. The van der Waals surface area contributed by atoms with E-state index in [1.807, 2.05) is 6.07 Å². The minimum Gasteiger partial charge on any atom is -0.494 e. The third-order valence-electron chi connectivity index (χ3n) is 7.16. The van der Waals surface area contributed by atoms with E-state index in [9.17, 15) is 9.59 Å². The second-order valence-electron chi connectivity index (χ2n) is 9.44. The molecule has 0 radical (unpaired) electrons. The normalized spacial score (nSPS) is 19.3. The number of halogens is 1. The van der Waals surface area contributed by atoms with Gasteiger partial charge in [-0.2, -0.15) is 0 Å². The molecule has 1 N–H and O–H groups in total. The summed E-state index contributed by atoms with van der Waals surface area (Å²) in [6.45, 7) is 1.90. The summed E-state index contributed by atoms with van der Waals surface area (Å²) in [6.07, 6.45) is 4.02. The van der Waals surface area contributed by atoms with Crippen molar-refractivity contribution < 1.29 is 23.8 Å². The Balaban J connectivity index is 1.35. The predicted octanol–water partition coefficient (Wildman–Crippen LogP) is 3.94. The summed E-state index contributed by atoms with van der Waals surface area (Å²) >= 11 is 7.38. The first-order valence-corrected chi connectivity index (χ1v) is 13.1. The molecule has 192 valence electrons. The molecule has 12 heteroatoms. The van der Waals surface area contributed by atoms with Gasteiger partial charge in [-0.05, 0) is 59.9 Å². The number of likely N-dealkylation sites (N-methyl/N-ethyl adjacent to an activating group) is 1. The van der Waals surface area contributed by atoms with E-state index in [2.05, 4.69) is 20.5 Å². The molecule has 1 aromatic carbocycles. The number of carbonyl (C=O) groups excluding carboxylic acids is 2. The zero-order valence-electron chi connectivity index (χ0n) is 20.2. The van der Waals surface area contributed by atoms with E-state index in [0.29, 0.717) is 51.9 Å². The SMILES string of the molecule is COc1cnc(Cl)cc1-c1cc2c(cc1C(=O)Nc1nnc(OCC3CCOC3)s1)N(C)C(=O)C21CC1. The molecule has 2 fully saturated rings. The Morgan fingerprint density at radius 3 is 2.86 bits per heavy atom. The molecule has 1 aliphatic carbocycles. The number of amides is 2. The average molecular weight is 542 g/mol. The van der Waals surface area contributed by atoms with Crippen molar-refractivity contribution in [2.24, 2.45) is 5.92 Å². The van der Waals surface area contributed by atoms with Crippen molar-refractivity contribution in [3.05, 3.63) is 40.7 Å². The Morgan fingerprint density at radius 1 is 1.30 bits per heavy atom. The van der Waals surface area contributed by atoms with Crippen LogP contribution in [0, 0.1) is 5.92 Å². The van der Waals surface area contributed by atoms with E-state index in [4.69, 9.17) is 25.8 Å². The number of pyridine rings is 1. The second kappa shape index (κ2) is 9.23. The van der Waals surface area contributed by atoms with Gasteiger partial charge < -0.3 is 19.1 Å². The molecule has 10 nitrogen and oxygen atoms in total. The van der Waals surface area contributed by atoms with E-state index in [-0.39, 0.29) is 11.1 Å². The van der Waals surface area contributed by atoms with Crippen LogP contribution in [0.25, 0.3) is 11.1 Å². The molecular weight excluding hydrogens is 518 g/mol. The number of aromatic nitrogens is 3. The highest BCUT2D eigenvalue weighted by atomic mass is 35.5. The summed E-state index contributed by atoms with van der Waals surface area (Å²) < 4.78 is 16.6. The number of nitrogens with one attached hydrogen (secondary N) is 1. The number of carbonyl (C=O) groups is 2. The van der Waals surface area contributed by atoms with Gasteiger partial charge in [0.15, 0.2) is 0 Å². The van der Waals surface area contributed by atoms with Crippen LogP contribution in [0.15, 0.2) is 24.4 Å². The molecule has 2 aliphatic heterocycles. The standard InChI is InChI=1S/C25H24ClN5O5S/c1-31-18-8-16(21(32)28-23-29-30-24(37-23)36-12-13-3-6-35-11-13)14(7-17(18)25(4-5-25)22(31)33)15-9-20(26)27-10-19(15)34-2/h7-10,13H,3-6,11-12H2,1-2H3,(H,28,29,32). The van der Waals surface area contributed by atoms with Gasteiger partial charge in [0.1, 0.15) is 10.9 Å². The number of methoxy groups -OCH3 is 1. The van der Waals surface area contributed by atoms with Crippen LogP contribution in [0.3, 0.4) is 0 Å². The lowest BCUT2D eigenvalue weighted by molar-refractivity contribution is -0.119. The fourth-order valence-corrected chi connectivity index (χ4v) is 5.75. The van der Waals surface area contributed by atoms with Crippen molar-refractivity contribution in [2.75, 3.05) is 44.2 Å². The highest BCUT2D eigenvalue weighted by Crippen LogP contribution is 2.58. The molecule has 1 saturated carbocycles. The lowest BCUT2D eigenvalue weighted by atomic mass is 9.90. The van der Waals surface area contributed by atoms with Crippen molar-refractivity contribution in [3.8, 4) is 22.1 Å². The van der Waals surface area contributed by atoms with E-state index in [1.54, 1.807) is 24.1 Å². The molecule has 3 aromatic rings. The molecule has 4 heterocycles. The Bertz CT molecular complexity index is 1400. The molecule has 1 unspecified atom stereocenters. The number of anilines is 2. The Labute approximate surface area is 221 Å². The van der Waals surface area contributed by atoms with Gasteiger partial charge in [-0.3, -0.25) is 14.9 Å². The second-order valence-corrected chi connectivity index (χ2v) is 10.8. The Morgan fingerprint density at radius 2 is 2.14 bits per heavy atom. The lowest BCUT2D eigenvalue weighted by Crippen LogP contribution is -2.28. The minimum atomic E-state index is -0.520. The van der Waals surface area contributed by atoms with Gasteiger partial charge in [-0.15, -0.1) is 5.10 Å². The monoisotopic (exact) mass is 541 g/mol. The third-order valence-corrected chi connectivity index (χ3v) is 8.12. The van der Waals surface area contributed by atoms with Crippen LogP contribution in [-0.2, 0) is 14.9 Å². The first kappa shape index (κ1) is 24.1. The smallest absolute Gasteiger partial charge is 0.295 e. The molecule has 0 bridgehead atoms. The summed E-state index contributed by atoms with van der Waals surface area (Å²) in [5.74, 6) is 0.428. The van der Waals surface area contributed by atoms with Crippen molar-refractivity contribution in [3.63, 3.8) is 0 Å². The zero-order chi connectivity index (χ0) is 25.7. The maximum atomic E-state index is 13.6. The summed E-state index contributed by atoms with van der Waals surface area (Å²) in [4.78, 5) is 32.4. The van der Waals surface area contributed by atoms with Gasteiger partial charge in [0.05, 0.1) is 31.9 Å². The summed E-state index contributed by atoms with van der Waals surface area (Å²) in [5, 5.41) is 11.9. The lowest BCUT2D eigenvalue weighted by Gasteiger charge is -2.17. The van der Waals surface area contributed by atoms with E-state index < -0.39 is 11.3 Å². The van der Waals surface area contributed by atoms with Crippen molar-refractivity contribution in [2.45, 2.75) is 24.7 Å². The van der Waals surface area contributed by atoms with Gasteiger partial charge in [0, 0.05) is 36.4 Å². The molecule has 37 heavy (non-hydrogen) atoms. The number of fused-ring (bicyclic) bond motifs is 2. The number of hydrogen-bond donors (Lipinski definition) is 1. The quantitative estimate of drug-likeness (QED) is 0.447. The number of ether oxygens (including phenoxy) is 3. The number of benzene rings is 1. The zero-order valence-corrected chi connectivity index (χ0v) is 21.8. The van der Waals surface area contributed by atoms with Crippen LogP contribution in [0.2, 0.25) is 5.15 Å². The Hall–Kier alpha value is -3.28. The molecule has 1 saturated heterocycles. The van der Waals surface area contributed by atoms with E-state index in [1.165, 1.54) is 13.3 Å². The van der Waals surface area contributed by atoms with Crippen molar-refractivity contribution in [1.82, 2.24) is 15.2 Å². The van der Waals surface area contributed by atoms with Crippen molar-refractivity contribution in [1.29, 1.82) is 0 Å². The maximum Gasteiger partial charge on any atom is 0.295 e. The van der Waals surface area contributed by atoms with Gasteiger partial charge >= 0.3 is 0 Å². The predicted molar refractivity (Wildman–Crippen MR) is 138 cm³/mol. The molecule has 6 rings (SSSR count). The van der Waals surface area contributed by atoms with Crippen LogP contribution in [0.1, 0.15) is 35.2 Å². The van der Waals surface area contributed by atoms with Crippen LogP contribution in [0.5, 0.6) is 10.9 Å². The van der Waals surface area contributed by atoms with E-state index in [0.717, 1.165) is 48.5 Å². The minimum absolute atomic E-state index is 0.0457. The Kier molecular flexibility index (Phi) is 6.01.